The summed E-state index contributed by atoms with van der Waals surface area (Å²) < 4.78 is 6.00. The maximum absolute atomic E-state index is 6.00. The van der Waals surface area contributed by atoms with Gasteiger partial charge in [0, 0.05) is 6.54 Å². The van der Waals surface area contributed by atoms with E-state index in [1.54, 1.807) is 0 Å². The van der Waals surface area contributed by atoms with Gasteiger partial charge in [0.25, 0.3) is 0 Å². The maximum Gasteiger partial charge on any atom is 0.125 e. The lowest BCUT2D eigenvalue weighted by Gasteiger charge is -2.17. The first-order valence-corrected chi connectivity index (χ1v) is 7.86. The zero-order valence-electron chi connectivity index (χ0n) is 13.0. The van der Waals surface area contributed by atoms with Crippen molar-refractivity contribution >= 4 is 0 Å². The molecule has 1 aliphatic rings. The van der Waals surface area contributed by atoms with E-state index in [1.165, 1.54) is 49.2 Å². The zero-order valence-corrected chi connectivity index (χ0v) is 13.0. The standard InChI is InChI=1S/C17H28N2O/c1-14-12-16(6-7-18)13-15(2)17(14)20-11-5-10-19-8-3-4-9-19/h12-13H,3-11,18H2,1-2H3. The Morgan fingerprint density at radius 1 is 1.15 bits per heavy atom. The van der Waals surface area contributed by atoms with Crippen LogP contribution in [0, 0.1) is 13.8 Å². The van der Waals surface area contributed by atoms with Gasteiger partial charge in [0.15, 0.2) is 0 Å². The molecule has 1 heterocycles. The highest BCUT2D eigenvalue weighted by Crippen LogP contribution is 2.25. The highest BCUT2D eigenvalue weighted by molar-refractivity contribution is 5.43. The minimum Gasteiger partial charge on any atom is -0.493 e. The van der Waals surface area contributed by atoms with Crippen molar-refractivity contribution in [1.29, 1.82) is 0 Å². The second-order valence-electron chi connectivity index (χ2n) is 5.85. The molecule has 0 atom stereocenters. The van der Waals surface area contributed by atoms with Crippen LogP contribution in [-0.4, -0.2) is 37.7 Å². The molecular weight excluding hydrogens is 248 g/mol. The van der Waals surface area contributed by atoms with Crippen LogP contribution in [0.2, 0.25) is 0 Å². The van der Waals surface area contributed by atoms with Crippen LogP contribution < -0.4 is 10.5 Å². The SMILES string of the molecule is Cc1cc(CCN)cc(C)c1OCCCN1CCCC1. The topological polar surface area (TPSA) is 38.5 Å². The number of nitrogens with two attached hydrogens (primary N) is 1. The molecule has 0 unspecified atom stereocenters. The second-order valence-corrected chi connectivity index (χ2v) is 5.85. The van der Waals surface area contributed by atoms with Crippen molar-refractivity contribution in [1.82, 2.24) is 4.90 Å². The average molecular weight is 276 g/mol. The molecule has 0 aromatic heterocycles. The summed E-state index contributed by atoms with van der Waals surface area (Å²) >= 11 is 0. The molecule has 0 radical (unpaired) electrons. The van der Waals surface area contributed by atoms with Crippen LogP contribution in [-0.2, 0) is 6.42 Å². The van der Waals surface area contributed by atoms with Gasteiger partial charge in [-0.3, -0.25) is 0 Å². The highest BCUT2D eigenvalue weighted by atomic mass is 16.5. The normalized spacial score (nSPS) is 15.8. The number of ether oxygens (including phenoxy) is 1. The summed E-state index contributed by atoms with van der Waals surface area (Å²) in [5.41, 5.74) is 9.40. The van der Waals surface area contributed by atoms with Gasteiger partial charge in [-0.1, -0.05) is 12.1 Å². The summed E-state index contributed by atoms with van der Waals surface area (Å²) in [7, 11) is 0. The Kier molecular flexibility index (Phi) is 5.86. The van der Waals surface area contributed by atoms with Crippen molar-refractivity contribution in [2.45, 2.75) is 39.5 Å². The number of aryl methyl sites for hydroxylation is 2. The molecule has 0 saturated carbocycles. The molecule has 3 nitrogen and oxygen atoms in total. The van der Waals surface area contributed by atoms with E-state index < -0.39 is 0 Å². The maximum atomic E-state index is 6.00. The van der Waals surface area contributed by atoms with Crippen molar-refractivity contribution in [3.8, 4) is 5.75 Å². The quantitative estimate of drug-likeness (QED) is 0.778. The number of rotatable bonds is 7. The molecule has 3 heteroatoms. The number of hydrogen-bond donors (Lipinski definition) is 1. The van der Waals surface area contributed by atoms with Crippen molar-refractivity contribution in [2.75, 3.05) is 32.8 Å². The fraction of sp³-hybridized carbons (Fsp3) is 0.647. The van der Waals surface area contributed by atoms with Crippen LogP contribution in [0.5, 0.6) is 5.75 Å². The van der Waals surface area contributed by atoms with Gasteiger partial charge in [0.1, 0.15) is 5.75 Å². The Hall–Kier alpha value is -1.06. The molecule has 0 bridgehead atoms. The first-order valence-electron chi connectivity index (χ1n) is 7.86. The summed E-state index contributed by atoms with van der Waals surface area (Å²) in [5.74, 6) is 1.06. The Labute approximate surface area is 123 Å². The van der Waals surface area contributed by atoms with E-state index in [2.05, 4.69) is 30.9 Å². The van der Waals surface area contributed by atoms with Gasteiger partial charge in [0.05, 0.1) is 6.61 Å². The average Bonchev–Trinajstić information content (AvgIpc) is 2.90. The van der Waals surface area contributed by atoms with Gasteiger partial charge in [-0.15, -0.1) is 0 Å². The number of nitrogens with zero attached hydrogens (tertiary/aromatic N) is 1. The third-order valence-electron chi connectivity index (χ3n) is 4.02. The molecule has 0 amide bonds. The summed E-state index contributed by atoms with van der Waals surface area (Å²) in [5, 5.41) is 0. The van der Waals surface area contributed by atoms with E-state index in [0.29, 0.717) is 6.54 Å². The van der Waals surface area contributed by atoms with E-state index >= 15 is 0 Å². The van der Waals surface area contributed by atoms with Crippen molar-refractivity contribution in [3.05, 3.63) is 28.8 Å². The first-order chi connectivity index (χ1) is 9.70. The molecule has 0 aliphatic carbocycles. The fourth-order valence-corrected chi connectivity index (χ4v) is 3.05. The lowest BCUT2D eigenvalue weighted by molar-refractivity contribution is 0.261. The van der Waals surface area contributed by atoms with E-state index in [1.807, 2.05) is 0 Å². The molecule has 2 rings (SSSR count). The van der Waals surface area contributed by atoms with Gasteiger partial charge in [-0.2, -0.15) is 0 Å². The molecular formula is C17H28N2O. The number of likely N-dealkylation sites (tertiary alicyclic amines) is 1. The van der Waals surface area contributed by atoms with Crippen molar-refractivity contribution in [2.24, 2.45) is 5.73 Å². The van der Waals surface area contributed by atoms with E-state index in [4.69, 9.17) is 10.5 Å². The van der Waals surface area contributed by atoms with E-state index in [9.17, 15) is 0 Å². The molecule has 1 fully saturated rings. The van der Waals surface area contributed by atoms with Gasteiger partial charge in [0.2, 0.25) is 0 Å². The van der Waals surface area contributed by atoms with E-state index in [-0.39, 0.29) is 0 Å². The Morgan fingerprint density at radius 3 is 2.40 bits per heavy atom. The van der Waals surface area contributed by atoms with Crippen LogP contribution in [0.1, 0.15) is 36.0 Å². The van der Waals surface area contributed by atoms with Crippen LogP contribution in [0.4, 0.5) is 0 Å². The van der Waals surface area contributed by atoms with Gasteiger partial charge < -0.3 is 15.4 Å². The largest absolute Gasteiger partial charge is 0.493 e. The lowest BCUT2D eigenvalue weighted by atomic mass is 10.0. The molecule has 2 N–H and O–H groups in total. The third kappa shape index (κ3) is 4.22. The Balaban J connectivity index is 1.82. The summed E-state index contributed by atoms with van der Waals surface area (Å²) in [6, 6.07) is 4.41. The minimum atomic E-state index is 0.703. The van der Waals surface area contributed by atoms with Crippen LogP contribution in [0.3, 0.4) is 0 Å². The molecule has 1 aliphatic heterocycles. The smallest absolute Gasteiger partial charge is 0.125 e. The van der Waals surface area contributed by atoms with Crippen molar-refractivity contribution in [3.63, 3.8) is 0 Å². The Morgan fingerprint density at radius 2 is 1.80 bits per heavy atom. The summed E-state index contributed by atoms with van der Waals surface area (Å²) in [6.07, 6.45) is 4.78. The van der Waals surface area contributed by atoms with Crippen molar-refractivity contribution < 1.29 is 4.74 Å². The number of hydrogen-bond acceptors (Lipinski definition) is 3. The monoisotopic (exact) mass is 276 g/mol. The molecule has 0 spiro atoms. The summed E-state index contributed by atoms with van der Waals surface area (Å²) in [6.45, 7) is 9.48. The molecule has 1 saturated heterocycles. The van der Waals surface area contributed by atoms with Crippen LogP contribution in [0.25, 0.3) is 0 Å². The van der Waals surface area contributed by atoms with E-state index in [0.717, 1.165) is 25.2 Å². The first kappa shape index (κ1) is 15.3. The zero-order chi connectivity index (χ0) is 14.4. The predicted molar refractivity (Wildman–Crippen MR) is 84.5 cm³/mol. The lowest BCUT2D eigenvalue weighted by Crippen LogP contribution is -2.22. The summed E-state index contributed by atoms with van der Waals surface area (Å²) in [4.78, 5) is 2.54. The molecule has 112 valence electrons. The third-order valence-corrected chi connectivity index (χ3v) is 4.02. The van der Waals surface area contributed by atoms with Gasteiger partial charge >= 0.3 is 0 Å². The highest BCUT2D eigenvalue weighted by Gasteiger charge is 2.11. The molecule has 1 aromatic rings. The minimum absolute atomic E-state index is 0.703. The van der Waals surface area contributed by atoms with Gasteiger partial charge in [-0.05, 0) is 75.9 Å². The van der Waals surface area contributed by atoms with Crippen LogP contribution >= 0.6 is 0 Å². The predicted octanol–water partition coefficient (Wildman–Crippen LogP) is 2.67. The van der Waals surface area contributed by atoms with Gasteiger partial charge in [-0.25, -0.2) is 0 Å². The molecule has 20 heavy (non-hydrogen) atoms. The van der Waals surface area contributed by atoms with Crippen LogP contribution in [0.15, 0.2) is 12.1 Å². The number of benzene rings is 1. The fourth-order valence-electron chi connectivity index (χ4n) is 3.05. The molecule has 1 aromatic carbocycles. The Bertz CT molecular complexity index is 402. The second kappa shape index (κ2) is 7.65.